The molecule has 0 saturated carbocycles. The minimum Gasteiger partial charge on any atom is -0.444 e. The highest BCUT2D eigenvalue weighted by molar-refractivity contribution is 6.32. The van der Waals surface area contributed by atoms with Crippen molar-refractivity contribution >= 4 is 63.6 Å². The van der Waals surface area contributed by atoms with Crippen LogP contribution in [0.5, 0.6) is 0 Å². The van der Waals surface area contributed by atoms with Gasteiger partial charge >= 0.3 is 6.09 Å². The number of carbonyl (C=O) groups excluding carboxylic acids is 4. The fourth-order valence-electron chi connectivity index (χ4n) is 5.21. The van der Waals surface area contributed by atoms with Gasteiger partial charge in [0, 0.05) is 47.2 Å². The number of aldehydes is 1. The Labute approximate surface area is 242 Å². The van der Waals surface area contributed by atoms with Crippen molar-refractivity contribution in [3.05, 3.63) is 47.2 Å². The smallest absolute Gasteiger partial charge is 0.410 e. The number of likely N-dealkylation sites (tertiary alicyclic amines) is 1. The topological polar surface area (TPSA) is 135 Å². The highest BCUT2D eigenvalue weighted by atomic mass is 35.5. The van der Waals surface area contributed by atoms with Crippen LogP contribution in [0, 0.1) is 0 Å². The Morgan fingerprint density at radius 3 is 2.51 bits per heavy atom. The van der Waals surface area contributed by atoms with E-state index < -0.39 is 17.6 Å². The Morgan fingerprint density at radius 1 is 1.10 bits per heavy atom. The minimum atomic E-state index is -0.594. The van der Waals surface area contributed by atoms with Crippen LogP contribution in [-0.2, 0) is 14.3 Å². The molecule has 0 spiro atoms. The van der Waals surface area contributed by atoms with E-state index in [-0.39, 0.29) is 24.5 Å². The summed E-state index contributed by atoms with van der Waals surface area (Å²) in [5.74, 6) is -0.687. The van der Waals surface area contributed by atoms with E-state index in [2.05, 4.69) is 21.0 Å². The Kier molecular flexibility index (Phi) is 7.90. The summed E-state index contributed by atoms with van der Waals surface area (Å²) >= 11 is 6.54. The van der Waals surface area contributed by atoms with E-state index in [0.29, 0.717) is 65.5 Å². The Balaban J connectivity index is 1.35. The number of hydrogen-bond donors (Lipinski definition) is 3. The molecule has 12 heteroatoms. The molecule has 1 aromatic heterocycles. The predicted molar refractivity (Wildman–Crippen MR) is 156 cm³/mol. The fourth-order valence-corrected chi connectivity index (χ4v) is 5.39. The van der Waals surface area contributed by atoms with E-state index >= 15 is 0 Å². The van der Waals surface area contributed by atoms with Gasteiger partial charge in [0.2, 0.25) is 11.8 Å². The quantitative estimate of drug-likeness (QED) is 0.273. The molecule has 2 aliphatic heterocycles. The van der Waals surface area contributed by atoms with Gasteiger partial charge in [0.15, 0.2) is 11.4 Å². The summed E-state index contributed by atoms with van der Waals surface area (Å²) in [4.78, 5) is 50.0. The van der Waals surface area contributed by atoms with E-state index in [1.165, 1.54) is 0 Å². The van der Waals surface area contributed by atoms with Crippen LogP contribution in [0.15, 0.2) is 36.5 Å². The van der Waals surface area contributed by atoms with E-state index in [0.717, 1.165) is 11.7 Å². The third kappa shape index (κ3) is 6.30. The van der Waals surface area contributed by atoms with Crippen LogP contribution in [0.25, 0.3) is 10.8 Å². The first kappa shape index (κ1) is 28.4. The lowest BCUT2D eigenvalue weighted by Crippen LogP contribution is -2.47. The molecule has 0 bridgehead atoms. The predicted octanol–water partition coefficient (Wildman–Crippen LogP) is 5.03. The van der Waals surface area contributed by atoms with Crippen molar-refractivity contribution in [2.75, 3.05) is 23.7 Å². The number of anilines is 3. The van der Waals surface area contributed by atoms with E-state index in [4.69, 9.17) is 16.3 Å². The molecule has 1 unspecified atom stereocenters. The number of nitrogens with zero attached hydrogens (tertiary/aromatic N) is 3. The Bertz CT molecular complexity index is 1510. The molecule has 2 fully saturated rings. The van der Waals surface area contributed by atoms with Crippen LogP contribution in [0.2, 0.25) is 5.15 Å². The van der Waals surface area contributed by atoms with E-state index in [1.807, 2.05) is 43.8 Å². The second kappa shape index (κ2) is 11.4. The summed E-state index contributed by atoms with van der Waals surface area (Å²) in [7, 11) is 0. The standard InChI is InChI=1S/C29H33ClN6O5/c1-29(2,3)41-28(40)35-13-11-18(12-14-35)36-15-23(26(30)34-36)31-20-7-8-21(25-17(16-37)5-4-6-19(20)25)32-22-9-10-24(38)33-27(22)39/h4-8,15-16,18,22,31-32H,9-14H2,1-3H3,(H,33,38,39). The number of halogens is 1. The minimum absolute atomic E-state index is 0.0697. The van der Waals surface area contributed by atoms with Gasteiger partial charge in [-0.15, -0.1) is 0 Å². The summed E-state index contributed by atoms with van der Waals surface area (Å²) in [6.45, 7) is 6.66. The average Bonchev–Trinajstić information content (AvgIpc) is 3.30. The number of amides is 3. The fraction of sp³-hybridized carbons (Fsp3) is 0.414. The lowest BCUT2D eigenvalue weighted by atomic mass is 9.99. The number of piperidine rings is 2. The molecule has 2 aromatic carbocycles. The average molecular weight is 581 g/mol. The molecule has 2 saturated heterocycles. The normalized spacial score (nSPS) is 18.2. The van der Waals surface area contributed by atoms with Gasteiger partial charge in [-0.2, -0.15) is 5.10 Å². The van der Waals surface area contributed by atoms with Crippen molar-refractivity contribution in [3.8, 4) is 0 Å². The maximum Gasteiger partial charge on any atom is 0.410 e. The number of imide groups is 1. The summed E-state index contributed by atoms with van der Waals surface area (Å²) < 4.78 is 7.32. The molecule has 3 aromatic rings. The van der Waals surface area contributed by atoms with Gasteiger partial charge in [-0.05, 0) is 52.2 Å². The number of ether oxygens (including phenoxy) is 1. The third-order valence-electron chi connectivity index (χ3n) is 7.22. The molecule has 11 nitrogen and oxygen atoms in total. The molecule has 3 N–H and O–H groups in total. The molecule has 3 heterocycles. The van der Waals surface area contributed by atoms with Crippen LogP contribution < -0.4 is 16.0 Å². The van der Waals surface area contributed by atoms with Crippen molar-refractivity contribution in [3.63, 3.8) is 0 Å². The molecule has 216 valence electrons. The van der Waals surface area contributed by atoms with Gasteiger partial charge in [0.05, 0.1) is 17.9 Å². The van der Waals surface area contributed by atoms with Crippen LogP contribution in [0.3, 0.4) is 0 Å². The molecule has 2 aliphatic rings. The zero-order valence-electron chi connectivity index (χ0n) is 23.2. The zero-order chi connectivity index (χ0) is 29.3. The first-order valence-corrected chi connectivity index (χ1v) is 14.0. The van der Waals surface area contributed by atoms with E-state index in [9.17, 15) is 19.2 Å². The number of hydrogen-bond acceptors (Lipinski definition) is 8. The second-order valence-electron chi connectivity index (χ2n) is 11.3. The van der Waals surface area contributed by atoms with Crippen molar-refractivity contribution in [1.82, 2.24) is 20.0 Å². The van der Waals surface area contributed by atoms with Crippen molar-refractivity contribution < 1.29 is 23.9 Å². The third-order valence-corrected chi connectivity index (χ3v) is 7.49. The molecule has 41 heavy (non-hydrogen) atoms. The van der Waals surface area contributed by atoms with Gasteiger partial charge in [-0.1, -0.05) is 29.8 Å². The van der Waals surface area contributed by atoms with Crippen molar-refractivity contribution in [2.45, 2.75) is 64.1 Å². The van der Waals surface area contributed by atoms with Gasteiger partial charge in [0.25, 0.3) is 0 Å². The van der Waals surface area contributed by atoms with Crippen LogP contribution in [-0.4, -0.2) is 63.6 Å². The van der Waals surface area contributed by atoms with Crippen LogP contribution in [0.1, 0.15) is 62.9 Å². The number of aromatic nitrogens is 2. The molecule has 5 rings (SSSR count). The molecule has 1 atom stereocenters. The molecule has 0 aliphatic carbocycles. The summed E-state index contributed by atoms with van der Waals surface area (Å²) in [5.41, 5.74) is 1.84. The second-order valence-corrected chi connectivity index (χ2v) is 11.7. The first-order chi connectivity index (χ1) is 19.5. The summed E-state index contributed by atoms with van der Waals surface area (Å²) in [6, 6.07) is 8.50. The van der Waals surface area contributed by atoms with Crippen LogP contribution >= 0.6 is 11.6 Å². The number of carbonyl (C=O) groups is 4. The largest absolute Gasteiger partial charge is 0.444 e. The lowest BCUT2D eigenvalue weighted by molar-refractivity contribution is -0.133. The molecular formula is C29H33ClN6O5. The summed E-state index contributed by atoms with van der Waals surface area (Å²) in [6.07, 6.45) is 4.34. The number of nitrogens with one attached hydrogen (secondary N) is 3. The lowest BCUT2D eigenvalue weighted by Gasteiger charge is -2.33. The zero-order valence-corrected chi connectivity index (χ0v) is 24.0. The van der Waals surface area contributed by atoms with E-state index in [1.54, 1.807) is 23.1 Å². The first-order valence-electron chi connectivity index (χ1n) is 13.6. The van der Waals surface area contributed by atoms with Crippen molar-refractivity contribution in [1.29, 1.82) is 0 Å². The molecule has 3 amide bonds. The monoisotopic (exact) mass is 580 g/mol. The Hall–Kier alpha value is -4.12. The number of benzene rings is 2. The van der Waals surface area contributed by atoms with Crippen LogP contribution in [0.4, 0.5) is 21.9 Å². The highest BCUT2D eigenvalue weighted by Crippen LogP contribution is 2.36. The molecular weight excluding hydrogens is 548 g/mol. The highest BCUT2D eigenvalue weighted by Gasteiger charge is 2.29. The maximum absolute atomic E-state index is 12.4. The Morgan fingerprint density at radius 2 is 1.83 bits per heavy atom. The summed E-state index contributed by atoms with van der Waals surface area (Å²) in [5, 5.41) is 15.1. The van der Waals surface area contributed by atoms with Gasteiger partial charge in [0.1, 0.15) is 11.6 Å². The van der Waals surface area contributed by atoms with Crippen molar-refractivity contribution in [2.24, 2.45) is 0 Å². The number of fused-ring (bicyclic) bond motifs is 1. The van der Waals surface area contributed by atoms with Gasteiger partial charge in [-0.3, -0.25) is 24.4 Å². The SMILES string of the molecule is CC(C)(C)OC(=O)N1CCC(n2cc(Nc3ccc(NC4CCC(=O)NC4=O)c4c(C=O)cccc34)c(Cl)n2)CC1. The van der Waals surface area contributed by atoms with Gasteiger partial charge in [-0.25, -0.2) is 4.79 Å². The molecule has 0 radical (unpaired) electrons. The maximum atomic E-state index is 12.4. The van der Waals surface area contributed by atoms with Gasteiger partial charge < -0.3 is 20.3 Å². The number of rotatable bonds is 6.